The van der Waals surface area contributed by atoms with Crippen LogP contribution < -0.4 is 15.4 Å². The Morgan fingerprint density at radius 1 is 0.800 bits per heavy atom. The van der Waals surface area contributed by atoms with Gasteiger partial charge in [0, 0.05) is 39.4 Å². The van der Waals surface area contributed by atoms with Gasteiger partial charge in [-0.1, -0.05) is 57.5 Å². The van der Waals surface area contributed by atoms with Crippen molar-refractivity contribution in [3.63, 3.8) is 0 Å². The number of imidazole rings is 2. The van der Waals surface area contributed by atoms with E-state index in [2.05, 4.69) is 26.7 Å². The fourth-order valence-electron chi connectivity index (χ4n) is 9.57. The monoisotopic (exact) mass is 916 g/mol. The number of hydrogen-bond acceptors (Lipinski definition) is 9. The number of nitrogens with zero attached hydrogens (tertiary/aromatic N) is 4. The van der Waals surface area contributed by atoms with Crippen molar-refractivity contribution in [2.45, 2.75) is 110 Å². The predicted octanol–water partition coefficient (Wildman–Crippen LogP) is 8.86. The van der Waals surface area contributed by atoms with Crippen LogP contribution in [0.15, 0.2) is 42.5 Å². The molecule has 0 bridgehead atoms. The van der Waals surface area contributed by atoms with Crippen LogP contribution in [0.2, 0.25) is 5.15 Å². The fourth-order valence-corrected chi connectivity index (χ4v) is 9.81. The third kappa shape index (κ3) is 8.20. The van der Waals surface area contributed by atoms with E-state index in [1.807, 2.05) is 50.2 Å². The Balaban J connectivity index is 1.07. The van der Waals surface area contributed by atoms with Gasteiger partial charge in [0.1, 0.15) is 46.9 Å². The maximum Gasteiger partial charge on any atom is 0.407 e. The smallest absolute Gasteiger partial charge is 0.407 e. The van der Waals surface area contributed by atoms with E-state index in [0.717, 1.165) is 38.5 Å². The third-order valence-electron chi connectivity index (χ3n) is 13.4. The van der Waals surface area contributed by atoms with Crippen molar-refractivity contribution < 1.29 is 42.2 Å². The number of alkyl halides is 2. The summed E-state index contributed by atoms with van der Waals surface area (Å²) < 4.78 is 44.5. The third-order valence-corrected chi connectivity index (χ3v) is 13.7. The average molecular weight is 917 g/mol. The van der Waals surface area contributed by atoms with Gasteiger partial charge >= 0.3 is 12.2 Å². The number of H-pyrrole nitrogens is 2. The van der Waals surface area contributed by atoms with Crippen molar-refractivity contribution in [2.75, 3.05) is 27.6 Å². The highest BCUT2D eigenvalue weighted by Gasteiger charge is 2.47. The van der Waals surface area contributed by atoms with E-state index >= 15 is 0 Å². The van der Waals surface area contributed by atoms with Crippen LogP contribution in [0.5, 0.6) is 5.75 Å². The number of hydrogen-bond donors (Lipinski definition) is 4. The Morgan fingerprint density at radius 3 is 1.92 bits per heavy atom. The molecule has 8 rings (SSSR count). The summed E-state index contributed by atoms with van der Waals surface area (Å²) in [4.78, 5) is 72.8. The maximum absolute atomic E-state index is 14.3. The van der Waals surface area contributed by atoms with Gasteiger partial charge in [-0.2, -0.15) is 0 Å². The predicted molar refractivity (Wildman–Crippen MR) is 241 cm³/mol. The molecule has 65 heavy (non-hydrogen) atoms. The minimum Gasteiger partial charge on any atom is -0.488 e. The van der Waals surface area contributed by atoms with E-state index in [1.54, 1.807) is 37.5 Å². The van der Waals surface area contributed by atoms with E-state index in [1.165, 1.54) is 14.2 Å². The largest absolute Gasteiger partial charge is 0.488 e. The molecule has 0 unspecified atom stereocenters. The number of rotatable bonds is 11. The number of likely N-dealkylation sites (tertiary alicyclic amines) is 2. The molecule has 6 atom stereocenters. The summed E-state index contributed by atoms with van der Waals surface area (Å²) in [6, 6.07) is 10.3. The van der Waals surface area contributed by atoms with Crippen LogP contribution in [0.3, 0.4) is 0 Å². The molecular weight excluding hydrogens is 862 g/mol. The van der Waals surface area contributed by atoms with Gasteiger partial charge in [0.05, 0.1) is 50.7 Å². The number of nitrogens with one attached hydrogen (secondary N) is 4. The van der Waals surface area contributed by atoms with Gasteiger partial charge in [-0.25, -0.2) is 19.6 Å². The lowest BCUT2D eigenvalue weighted by atomic mass is 9.84. The molecule has 2 saturated heterocycles. The number of carbonyl (C=O) groups is 4. The second-order valence-corrected chi connectivity index (χ2v) is 19.2. The van der Waals surface area contributed by atoms with E-state index < -0.39 is 72.3 Å². The fraction of sp³-hybridized carbons (Fsp3) is 0.489. The Bertz CT molecular complexity index is 2680. The summed E-state index contributed by atoms with van der Waals surface area (Å²) in [5, 5.41) is 7.22. The standard InChI is InChI=1S/C47H55ClF2N8O7/c1-23-9-15-32(57(23)42(59)37(46(3,4)21-49)54-44(61)63-7)40-51-31-14-12-25-18-30-28-13-11-26(17-27(28)20-65-34(30)19-29(25)36(31)53-40)35-39(48)56-41(52-35)33-16-10-24(2)58(33)43(60)38(47(5,6)22-50)55-45(62)64-8/h11-14,17-19,23-24,32-33,37-38H,9-10,15-16,20-22H2,1-8H3,(H,51,53)(H,52,56)(H,54,61)(H,55,62)/t23-,24-,32-,33-,37+,38+/m0/s1. The van der Waals surface area contributed by atoms with Crippen molar-refractivity contribution >= 4 is 57.4 Å². The van der Waals surface area contributed by atoms with E-state index in [4.69, 9.17) is 35.8 Å². The van der Waals surface area contributed by atoms with Crippen LogP contribution in [-0.2, 0) is 25.7 Å². The van der Waals surface area contributed by atoms with Crippen LogP contribution in [0, 0.1) is 10.8 Å². The van der Waals surface area contributed by atoms with Crippen LogP contribution >= 0.6 is 11.6 Å². The molecule has 18 heteroatoms. The molecule has 3 aromatic carbocycles. The lowest BCUT2D eigenvalue weighted by Gasteiger charge is -2.37. The van der Waals surface area contributed by atoms with Crippen molar-refractivity contribution in [3.8, 4) is 28.1 Å². The Labute approximate surface area is 380 Å². The maximum atomic E-state index is 14.3. The van der Waals surface area contributed by atoms with E-state index in [-0.39, 0.29) is 18.7 Å². The summed E-state index contributed by atoms with van der Waals surface area (Å²) in [5.41, 5.74) is 3.15. The lowest BCUT2D eigenvalue weighted by molar-refractivity contribution is -0.140. The molecule has 5 heterocycles. The summed E-state index contributed by atoms with van der Waals surface area (Å²) in [5.74, 6) is 0.925. The minimum atomic E-state index is -1.21. The lowest BCUT2D eigenvalue weighted by Crippen LogP contribution is -2.57. The number of benzene rings is 3. The van der Waals surface area contributed by atoms with Gasteiger partial charge in [-0.15, -0.1) is 0 Å². The van der Waals surface area contributed by atoms with E-state index in [0.29, 0.717) is 59.4 Å². The van der Waals surface area contributed by atoms with Gasteiger partial charge in [0.25, 0.3) is 0 Å². The highest BCUT2D eigenvalue weighted by Crippen LogP contribution is 2.45. The van der Waals surface area contributed by atoms with Crippen LogP contribution in [0.25, 0.3) is 44.2 Å². The molecule has 3 aliphatic heterocycles. The van der Waals surface area contributed by atoms with Gasteiger partial charge in [0.2, 0.25) is 11.8 Å². The van der Waals surface area contributed by atoms with Crippen LogP contribution in [0.1, 0.15) is 96.5 Å². The minimum absolute atomic E-state index is 0.183. The first-order chi connectivity index (χ1) is 30.9. The first-order valence-electron chi connectivity index (χ1n) is 21.8. The number of ether oxygens (including phenoxy) is 3. The molecule has 346 valence electrons. The molecule has 4 N–H and O–H groups in total. The number of amides is 4. The first kappa shape index (κ1) is 45.6. The number of carbonyl (C=O) groups excluding carboxylic acids is 4. The topological polar surface area (TPSA) is 184 Å². The number of methoxy groups -OCH3 is 2. The number of alkyl carbamates (subject to hydrolysis) is 2. The molecule has 2 aromatic heterocycles. The summed E-state index contributed by atoms with van der Waals surface area (Å²) in [6.07, 6.45) is 0.942. The highest BCUT2D eigenvalue weighted by atomic mass is 35.5. The zero-order valence-corrected chi connectivity index (χ0v) is 38.5. The molecule has 15 nitrogen and oxygen atoms in total. The average Bonchev–Trinajstić information content (AvgIpc) is 4.10. The molecule has 5 aromatic rings. The molecule has 0 saturated carbocycles. The van der Waals surface area contributed by atoms with Crippen molar-refractivity contribution in [2.24, 2.45) is 10.8 Å². The number of aromatic amines is 2. The Kier molecular flexibility index (Phi) is 12.2. The number of aromatic nitrogens is 4. The molecule has 4 amide bonds. The normalized spacial score (nSPS) is 20.5. The summed E-state index contributed by atoms with van der Waals surface area (Å²) in [7, 11) is 2.40. The van der Waals surface area contributed by atoms with Gasteiger partial charge in [-0.05, 0) is 80.3 Å². The molecule has 2 fully saturated rings. The van der Waals surface area contributed by atoms with Crippen LogP contribution in [0.4, 0.5) is 18.4 Å². The molecule has 0 aliphatic carbocycles. The Hall–Kier alpha value is -5.97. The highest BCUT2D eigenvalue weighted by molar-refractivity contribution is 6.32. The van der Waals surface area contributed by atoms with E-state index in [9.17, 15) is 28.0 Å². The Morgan fingerprint density at radius 2 is 1.37 bits per heavy atom. The zero-order chi connectivity index (χ0) is 46.7. The van der Waals surface area contributed by atoms with Gasteiger partial charge in [-0.3, -0.25) is 18.4 Å². The van der Waals surface area contributed by atoms with Crippen molar-refractivity contribution in [3.05, 3.63) is 64.8 Å². The first-order valence-corrected chi connectivity index (χ1v) is 22.2. The van der Waals surface area contributed by atoms with Crippen molar-refractivity contribution in [1.82, 2.24) is 40.4 Å². The second-order valence-electron chi connectivity index (χ2n) is 18.9. The SMILES string of the molecule is COC(=O)N[C@H](C(=O)N1[C@@H](C)CC[C@H]1c1nc(-c2ccc3c(c2)COc2cc4c(ccc5[nH]c([C@@H]6CC[C@H](C)N6C(=O)[C@@H](NC(=O)OC)C(C)(C)CF)nc54)cc2-3)c(Cl)[nH]1)C(C)(C)CF. The molecule has 0 radical (unpaired) electrons. The quantitative estimate of drug-likeness (QED) is 0.101. The number of fused-ring (bicyclic) bond motifs is 6. The van der Waals surface area contributed by atoms with Gasteiger partial charge < -0.3 is 44.6 Å². The van der Waals surface area contributed by atoms with Gasteiger partial charge in [0.15, 0.2) is 0 Å². The molecule has 0 spiro atoms. The zero-order valence-electron chi connectivity index (χ0n) is 37.7. The summed E-state index contributed by atoms with van der Waals surface area (Å²) in [6.45, 7) is 8.81. The summed E-state index contributed by atoms with van der Waals surface area (Å²) >= 11 is 6.84. The number of halogens is 3. The molecule has 3 aliphatic rings. The second kappa shape index (κ2) is 17.4. The van der Waals surface area contributed by atoms with Crippen molar-refractivity contribution in [1.29, 1.82) is 0 Å². The van der Waals surface area contributed by atoms with Crippen LogP contribution in [-0.4, -0.2) is 105 Å². The molecular formula is C47H55ClF2N8O7.